The van der Waals surface area contributed by atoms with Gasteiger partial charge in [-0.25, -0.2) is 10.2 Å². The van der Waals surface area contributed by atoms with Crippen LogP contribution < -0.4 is 14.9 Å². The number of methoxy groups -OCH3 is 1. The number of hydrogen-bond donors (Lipinski definition) is 1. The van der Waals surface area contributed by atoms with Gasteiger partial charge in [0.15, 0.2) is 11.5 Å². The summed E-state index contributed by atoms with van der Waals surface area (Å²) in [5.41, 5.74) is 3.55. The van der Waals surface area contributed by atoms with Gasteiger partial charge in [-0.2, -0.15) is 5.10 Å². The van der Waals surface area contributed by atoms with Gasteiger partial charge in [0.2, 0.25) is 5.91 Å². The minimum absolute atomic E-state index is 0.0943. The van der Waals surface area contributed by atoms with Crippen molar-refractivity contribution in [2.24, 2.45) is 5.10 Å². The van der Waals surface area contributed by atoms with E-state index >= 15 is 0 Å². The molecule has 40 heavy (non-hydrogen) atoms. The number of carbonyl (C=O) groups excluding carboxylic acids is 2. The maximum absolute atomic E-state index is 12.4. The number of ether oxygens (including phenoxy) is 2. The summed E-state index contributed by atoms with van der Waals surface area (Å²) in [7, 11) is 1.49. The van der Waals surface area contributed by atoms with Crippen LogP contribution in [0, 0.1) is 0 Å². The molecule has 2 aromatic carbocycles. The lowest BCUT2D eigenvalue weighted by molar-refractivity contribution is -0.121. The molecule has 0 saturated carbocycles. The average molecular weight is 571 g/mol. The Morgan fingerprint density at radius 3 is 1.95 bits per heavy atom. The summed E-state index contributed by atoms with van der Waals surface area (Å²) in [6.45, 7) is 2.27. The summed E-state index contributed by atoms with van der Waals surface area (Å²) in [4.78, 5) is 24.6. The van der Waals surface area contributed by atoms with Gasteiger partial charge >= 0.3 is 5.97 Å². The van der Waals surface area contributed by atoms with Crippen molar-refractivity contribution in [3.63, 3.8) is 0 Å². The molecule has 0 atom stereocenters. The average Bonchev–Trinajstić information content (AvgIpc) is 2.96. The predicted molar refractivity (Wildman–Crippen MR) is 165 cm³/mol. The molecule has 0 radical (unpaired) electrons. The number of carbonyl (C=O) groups is 2. The third kappa shape index (κ3) is 14.0. The molecule has 2 rings (SSSR count). The molecule has 0 aliphatic rings. The van der Waals surface area contributed by atoms with Crippen molar-refractivity contribution in [1.29, 1.82) is 0 Å². The quantitative estimate of drug-likeness (QED) is 0.0533. The number of unbranched alkanes of at least 4 members (excludes halogenated alkanes) is 14. The highest BCUT2D eigenvalue weighted by Crippen LogP contribution is 2.29. The molecule has 1 amide bonds. The SMILES string of the molecule is CCCCCCCCCCCCCCCCCC(=O)N/N=C\c1ccc(OC(=O)c2ccccc2Cl)c(OC)c1. The second-order valence-corrected chi connectivity index (χ2v) is 10.7. The molecule has 0 aliphatic heterocycles. The number of benzene rings is 2. The molecule has 2 aromatic rings. The van der Waals surface area contributed by atoms with Crippen molar-refractivity contribution in [3.05, 3.63) is 58.6 Å². The Kier molecular flexibility index (Phi) is 17.5. The molecule has 0 saturated heterocycles. The Bertz CT molecular complexity index is 1040. The van der Waals surface area contributed by atoms with Crippen molar-refractivity contribution >= 4 is 29.7 Å². The first-order valence-electron chi connectivity index (χ1n) is 15.0. The lowest BCUT2D eigenvalue weighted by atomic mass is 10.0. The Morgan fingerprint density at radius 1 is 0.800 bits per heavy atom. The fraction of sp³-hybridized carbons (Fsp3) is 0.545. The molecule has 0 aromatic heterocycles. The van der Waals surface area contributed by atoms with E-state index in [1.54, 1.807) is 42.5 Å². The van der Waals surface area contributed by atoms with Gasteiger partial charge in [-0.1, -0.05) is 121 Å². The molecule has 1 N–H and O–H groups in total. The smallest absolute Gasteiger partial charge is 0.345 e. The number of halogens is 1. The largest absolute Gasteiger partial charge is 0.493 e. The summed E-state index contributed by atoms with van der Waals surface area (Å²) >= 11 is 6.08. The number of hydrogen-bond acceptors (Lipinski definition) is 5. The van der Waals surface area contributed by atoms with Gasteiger partial charge in [0.1, 0.15) is 0 Å². The van der Waals surface area contributed by atoms with Gasteiger partial charge in [-0.15, -0.1) is 0 Å². The molecule has 0 spiro atoms. The van der Waals surface area contributed by atoms with Crippen LogP contribution in [0.3, 0.4) is 0 Å². The first kappa shape index (κ1) is 33.3. The first-order chi connectivity index (χ1) is 19.5. The van der Waals surface area contributed by atoms with Crippen molar-refractivity contribution in [3.8, 4) is 11.5 Å². The Hall–Kier alpha value is -2.86. The molecule has 0 fully saturated rings. The highest BCUT2D eigenvalue weighted by molar-refractivity contribution is 6.33. The summed E-state index contributed by atoms with van der Waals surface area (Å²) < 4.78 is 10.8. The van der Waals surface area contributed by atoms with Crippen LogP contribution in [-0.4, -0.2) is 25.2 Å². The molecule has 220 valence electrons. The van der Waals surface area contributed by atoms with Gasteiger partial charge in [0.25, 0.3) is 0 Å². The molecule has 0 heterocycles. The van der Waals surface area contributed by atoms with Gasteiger partial charge in [-0.3, -0.25) is 4.79 Å². The van der Waals surface area contributed by atoms with Crippen LogP contribution in [0.2, 0.25) is 5.02 Å². The van der Waals surface area contributed by atoms with Crippen LogP contribution in [-0.2, 0) is 4.79 Å². The number of hydrazone groups is 1. The second-order valence-electron chi connectivity index (χ2n) is 10.3. The Labute approximate surface area is 245 Å². The standard InChI is InChI=1S/C33H47ClN2O4/c1-3-4-5-6-7-8-9-10-11-12-13-14-15-16-17-22-32(37)36-35-26-27-23-24-30(31(25-27)39-2)40-33(38)28-20-18-19-21-29(28)34/h18-21,23-26H,3-17,22H2,1-2H3,(H,36,37)/b35-26-. The van der Waals surface area contributed by atoms with E-state index in [0.29, 0.717) is 22.8 Å². The van der Waals surface area contributed by atoms with Crippen molar-refractivity contribution in [1.82, 2.24) is 5.43 Å². The molecule has 0 aliphatic carbocycles. The molecule has 0 unspecified atom stereocenters. The van der Waals surface area contributed by atoms with Gasteiger partial charge in [0.05, 0.1) is 23.9 Å². The summed E-state index contributed by atoms with van der Waals surface area (Å²) in [6.07, 6.45) is 21.5. The highest BCUT2D eigenvalue weighted by Gasteiger charge is 2.15. The van der Waals surface area contributed by atoms with Crippen LogP contribution in [0.1, 0.15) is 126 Å². The highest BCUT2D eigenvalue weighted by atomic mass is 35.5. The predicted octanol–water partition coefficient (Wildman–Crippen LogP) is 9.28. The van der Waals surface area contributed by atoms with Crippen LogP contribution in [0.5, 0.6) is 11.5 Å². The van der Waals surface area contributed by atoms with E-state index in [2.05, 4.69) is 17.5 Å². The monoisotopic (exact) mass is 570 g/mol. The number of amides is 1. The fourth-order valence-corrected chi connectivity index (χ4v) is 4.73. The lowest BCUT2D eigenvalue weighted by Crippen LogP contribution is -2.16. The normalized spacial score (nSPS) is 11.1. The van der Waals surface area contributed by atoms with Gasteiger partial charge in [0, 0.05) is 6.42 Å². The first-order valence-corrected chi connectivity index (χ1v) is 15.4. The molecule has 0 bridgehead atoms. The molecular formula is C33H47ClN2O4. The minimum Gasteiger partial charge on any atom is -0.493 e. The van der Waals surface area contributed by atoms with Crippen LogP contribution in [0.15, 0.2) is 47.6 Å². The third-order valence-corrected chi connectivity index (χ3v) is 7.22. The fourth-order valence-electron chi connectivity index (χ4n) is 4.52. The second kappa shape index (κ2) is 21.0. The number of nitrogens with zero attached hydrogens (tertiary/aromatic N) is 1. The summed E-state index contributed by atoms with van der Waals surface area (Å²) in [5, 5.41) is 4.36. The topological polar surface area (TPSA) is 77.0 Å². The van der Waals surface area contributed by atoms with Gasteiger partial charge in [-0.05, 0) is 42.3 Å². The molecular weight excluding hydrogens is 524 g/mol. The summed E-state index contributed by atoms with van der Waals surface area (Å²) in [6, 6.07) is 11.7. The van der Waals surface area contributed by atoms with E-state index in [0.717, 1.165) is 12.8 Å². The number of esters is 1. The Balaban J connectivity index is 1.56. The minimum atomic E-state index is -0.573. The van der Waals surface area contributed by atoms with Crippen LogP contribution in [0.25, 0.3) is 0 Å². The molecule has 7 heteroatoms. The van der Waals surface area contributed by atoms with E-state index in [-0.39, 0.29) is 17.2 Å². The maximum atomic E-state index is 12.4. The zero-order valence-electron chi connectivity index (χ0n) is 24.4. The van der Waals surface area contributed by atoms with E-state index < -0.39 is 5.97 Å². The zero-order chi connectivity index (χ0) is 28.8. The van der Waals surface area contributed by atoms with E-state index in [4.69, 9.17) is 21.1 Å². The van der Waals surface area contributed by atoms with E-state index in [1.165, 1.54) is 96.8 Å². The lowest BCUT2D eigenvalue weighted by Gasteiger charge is -2.10. The van der Waals surface area contributed by atoms with Crippen LogP contribution >= 0.6 is 11.6 Å². The third-order valence-electron chi connectivity index (χ3n) is 6.89. The van der Waals surface area contributed by atoms with Crippen LogP contribution in [0.4, 0.5) is 0 Å². The van der Waals surface area contributed by atoms with Crippen molar-refractivity contribution in [2.75, 3.05) is 7.11 Å². The van der Waals surface area contributed by atoms with E-state index in [9.17, 15) is 9.59 Å². The number of rotatable bonds is 21. The zero-order valence-corrected chi connectivity index (χ0v) is 25.1. The van der Waals surface area contributed by atoms with Crippen molar-refractivity contribution < 1.29 is 19.1 Å². The number of nitrogens with one attached hydrogen (secondary N) is 1. The van der Waals surface area contributed by atoms with E-state index in [1.807, 2.05) is 0 Å². The maximum Gasteiger partial charge on any atom is 0.345 e. The van der Waals surface area contributed by atoms with Gasteiger partial charge < -0.3 is 9.47 Å². The molecule has 6 nitrogen and oxygen atoms in total. The Morgan fingerprint density at radius 2 is 1.38 bits per heavy atom. The van der Waals surface area contributed by atoms with Crippen molar-refractivity contribution in [2.45, 2.75) is 110 Å². The summed E-state index contributed by atoms with van der Waals surface area (Å²) in [5.74, 6) is -0.0326.